The maximum Gasteiger partial charge on any atom is 0.276 e. The van der Waals surface area contributed by atoms with Crippen molar-refractivity contribution in [3.63, 3.8) is 0 Å². The van der Waals surface area contributed by atoms with E-state index in [4.69, 9.17) is 34.8 Å². The molecule has 1 saturated carbocycles. The lowest BCUT2D eigenvalue weighted by molar-refractivity contribution is -0.115. The van der Waals surface area contributed by atoms with Crippen LogP contribution in [-0.2, 0) is 10.2 Å². The number of rotatable bonds is 2. The Morgan fingerprint density at radius 3 is 2.20 bits per heavy atom. The lowest BCUT2D eigenvalue weighted by atomic mass is 9.80. The maximum atomic E-state index is 11.5. The van der Waals surface area contributed by atoms with E-state index in [0.717, 1.165) is 31.2 Å². The quantitative estimate of drug-likeness (QED) is 0.820. The summed E-state index contributed by atoms with van der Waals surface area (Å²) in [5, 5.41) is 11.9. The summed E-state index contributed by atoms with van der Waals surface area (Å²) in [7, 11) is 0. The van der Waals surface area contributed by atoms with E-state index in [0.29, 0.717) is 5.69 Å². The van der Waals surface area contributed by atoms with Gasteiger partial charge in [0.1, 0.15) is 0 Å². The average molecular weight is 332 g/mol. The number of amides is 1. The Balaban J connectivity index is 2.15. The predicted octanol–water partition coefficient (Wildman–Crippen LogP) is 4.33. The van der Waals surface area contributed by atoms with Crippen molar-refractivity contribution in [2.24, 2.45) is 0 Å². The van der Waals surface area contributed by atoms with Gasteiger partial charge in [0.05, 0.1) is 11.5 Å². The van der Waals surface area contributed by atoms with Crippen LogP contribution in [0.25, 0.3) is 0 Å². The number of anilines is 1. The van der Waals surface area contributed by atoms with Gasteiger partial charge in [0.25, 0.3) is 9.70 Å². The Kier molecular flexibility index (Phi) is 4.49. The minimum absolute atomic E-state index is 0.391. The molecule has 106 valence electrons. The van der Waals surface area contributed by atoms with Crippen LogP contribution in [0.4, 0.5) is 5.69 Å². The Morgan fingerprint density at radius 2 is 1.75 bits per heavy atom. The van der Waals surface area contributed by atoms with Gasteiger partial charge >= 0.3 is 0 Å². The SMILES string of the molecule is N#CC1(c2ccc(NC(=O)C(Cl)(Cl)Cl)cc2)CCCC1. The summed E-state index contributed by atoms with van der Waals surface area (Å²) < 4.78 is -1.99. The average Bonchev–Trinajstić information content (AvgIpc) is 2.88. The van der Waals surface area contributed by atoms with Gasteiger partial charge in [-0.3, -0.25) is 4.79 Å². The summed E-state index contributed by atoms with van der Waals surface area (Å²) in [6.07, 6.45) is 3.89. The highest BCUT2D eigenvalue weighted by atomic mass is 35.6. The topological polar surface area (TPSA) is 52.9 Å². The van der Waals surface area contributed by atoms with E-state index in [1.165, 1.54) is 0 Å². The van der Waals surface area contributed by atoms with Crippen LogP contribution < -0.4 is 5.32 Å². The summed E-state index contributed by atoms with van der Waals surface area (Å²) in [4.78, 5) is 11.5. The number of nitrogens with zero attached hydrogens (tertiary/aromatic N) is 1. The number of hydrogen-bond acceptors (Lipinski definition) is 2. The Labute approximate surface area is 132 Å². The van der Waals surface area contributed by atoms with E-state index in [1.807, 2.05) is 12.1 Å². The molecule has 1 N–H and O–H groups in total. The van der Waals surface area contributed by atoms with E-state index in [1.54, 1.807) is 12.1 Å². The first-order chi connectivity index (χ1) is 9.37. The monoisotopic (exact) mass is 330 g/mol. The number of carbonyl (C=O) groups excluding carboxylic acids is 1. The highest BCUT2D eigenvalue weighted by Gasteiger charge is 2.36. The zero-order chi connectivity index (χ0) is 14.8. The van der Waals surface area contributed by atoms with E-state index >= 15 is 0 Å². The molecule has 20 heavy (non-hydrogen) atoms. The molecule has 0 unspecified atom stereocenters. The smallest absolute Gasteiger partial charge is 0.276 e. The Morgan fingerprint density at radius 1 is 1.20 bits per heavy atom. The minimum atomic E-state index is -1.99. The molecule has 1 amide bonds. The Bertz CT molecular complexity index is 537. The standard InChI is InChI=1S/C14H13Cl3N2O/c15-14(16,17)12(20)19-11-5-3-10(4-6-11)13(9-18)7-1-2-8-13/h3-6H,1-2,7-8H2,(H,19,20). The normalized spacial score (nSPS) is 17.5. The largest absolute Gasteiger partial charge is 0.322 e. The molecule has 0 saturated heterocycles. The predicted molar refractivity (Wildman–Crippen MR) is 81.1 cm³/mol. The van der Waals surface area contributed by atoms with Crippen LogP contribution in [0.5, 0.6) is 0 Å². The molecule has 2 rings (SSSR count). The molecule has 0 bridgehead atoms. The fraction of sp³-hybridized carbons (Fsp3) is 0.429. The van der Waals surface area contributed by atoms with E-state index in [2.05, 4.69) is 11.4 Å². The summed E-state index contributed by atoms with van der Waals surface area (Å²) in [6, 6.07) is 9.57. The summed E-state index contributed by atoms with van der Waals surface area (Å²) >= 11 is 16.5. The van der Waals surface area contributed by atoms with Crippen molar-refractivity contribution >= 4 is 46.4 Å². The zero-order valence-electron chi connectivity index (χ0n) is 10.6. The first kappa shape index (κ1) is 15.4. The summed E-state index contributed by atoms with van der Waals surface area (Å²) in [5.41, 5.74) is 1.12. The van der Waals surface area contributed by atoms with E-state index < -0.39 is 15.1 Å². The molecule has 1 aromatic carbocycles. The van der Waals surface area contributed by atoms with Crippen molar-refractivity contribution in [1.82, 2.24) is 0 Å². The van der Waals surface area contributed by atoms with Gasteiger partial charge in [-0.2, -0.15) is 5.26 Å². The highest BCUT2D eigenvalue weighted by Crippen LogP contribution is 2.40. The molecule has 0 radical (unpaired) electrons. The second kappa shape index (κ2) is 5.81. The van der Waals surface area contributed by atoms with Crippen LogP contribution in [0.15, 0.2) is 24.3 Å². The minimum Gasteiger partial charge on any atom is -0.322 e. The number of hydrogen-bond donors (Lipinski definition) is 1. The molecule has 6 heteroatoms. The number of nitrogens with one attached hydrogen (secondary N) is 1. The van der Waals surface area contributed by atoms with Crippen molar-refractivity contribution in [2.75, 3.05) is 5.32 Å². The van der Waals surface area contributed by atoms with Crippen molar-refractivity contribution < 1.29 is 4.79 Å². The number of alkyl halides is 3. The fourth-order valence-corrected chi connectivity index (χ4v) is 2.66. The van der Waals surface area contributed by atoms with Crippen LogP contribution in [-0.4, -0.2) is 9.70 Å². The van der Waals surface area contributed by atoms with Crippen molar-refractivity contribution in [1.29, 1.82) is 5.26 Å². The Hall–Kier alpha value is -0.950. The fourth-order valence-electron chi connectivity index (χ4n) is 2.52. The second-order valence-electron chi connectivity index (χ2n) is 4.93. The molecule has 0 aromatic heterocycles. The molecule has 1 aromatic rings. The number of halogens is 3. The zero-order valence-corrected chi connectivity index (χ0v) is 12.9. The third-order valence-electron chi connectivity index (χ3n) is 3.62. The lowest BCUT2D eigenvalue weighted by Gasteiger charge is -2.21. The van der Waals surface area contributed by atoms with Crippen LogP contribution in [0, 0.1) is 11.3 Å². The molecule has 1 fully saturated rings. The third-order valence-corrected chi connectivity index (χ3v) is 4.14. The molecule has 0 spiro atoms. The van der Waals surface area contributed by atoms with Gasteiger partial charge in [-0.15, -0.1) is 0 Å². The van der Waals surface area contributed by atoms with Gasteiger partial charge in [0.2, 0.25) is 0 Å². The molecule has 1 aliphatic rings. The molecular formula is C14H13Cl3N2O. The van der Waals surface area contributed by atoms with Crippen LogP contribution in [0.3, 0.4) is 0 Å². The van der Waals surface area contributed by atoms with Crippen molar-refractivity contribution in [3.8, 4) is 6.07 Å². The lowest BCUT2D eigenvalue weighted by Crippen LogP contribution is -2.27. The maximum absolute atomic E-state index is 11.5. The molecule has 0 atom stereocenters. The van der Waals surface area contributed by atoms with Gasteiger partial charge in [0.15, 0.2) is 0 Å². The van der Waals surface area contributed by atoms with Gasteiger partial charge in [-0.05, 0) is 30.5 Å². The second-order valence-corrected chi connectivity index (χ2v) is 7.21. The first-order valence-corrected chi connectivity index (χ1v) is 7.41. The first-order valence-electron chi connectivity index (χ1n) is 6.27. The van der Waals surface area contributed by atoms with Crippen LogP contribution >= 0.6 is 34.8 Å². The molecule has 1 aliphatic carbocycles. The third kappa shape index (κ3) is 3.20. The number of benzene rings is 1. The van der Waals surface area contributed by atoms with E-state index in [9.17, 15) is 10.1 Å². The van der Waals surface area contributed by atoms with Gasteiger partial charge in [-0.25, -0.2) is 0 Å². The van der Waals surface area contributed by atoms with Crippen LogP contribution in [0.2, 0.25) is 0 Å². The van der Waals surface area contributed by atoms with Gasteiger partial charge in [-0.1, -0.05) is 59.8 Å². The van der Waals surface area contributed by atoms with Gasteiger partial charge in [0, 0.05) is 5.69 Å². The van der Waals surface area contributed by atoms with Crippen molar-refractivity contribution in [3.05, 3.63) is 29.8 Å². The number of nitriles is 1. The highest BCUT2D eigenvalue weighted by molar-refractivity contribution is 6.76. The van der Waals surface area contributed by atoms with Gasteiger partial charge < -0.3 is 5.32 Å². The summed E-state index contributed by atoms with van der Waals surface area (Å²) in [6.45, 7) is 0. The molecule has 0 heterocycles. The van der Waals surface area contributed by atoms with Crippen LogP contribution in [0.1, 0.15) is 31.2 Å². The molecule has 0 aliphatic heterocycles. The van der Waals surface area contributed by atoms with Crippen molar-refractivity contribution in [2.45, 2.75) is 34.9 Å². The molecule has 3 nitrogen and oxygen atoms in total. The summed E-state index contributed by atoms with van der Waals surface area (Å²) in [5.74, 6) is -0.703. The number of carbonyl (C=O) groups is 1. The molecular weight excluding hydrogens is 319 g/mol. The van der Waals surface area contributed by atoms with E-state index in [-0.39, 0.29) is 0 Å².